The van der Waals surface area contributed by atoms with E-state index >= 15 is 0 Å². The number of thioether (sulfide) groups is 1. The Bertz CT molecular complexity index is 450. The van der Waals surface area contributed by atoms with Gasteiger partial charge in [-0.1, -0.05) is 20.8 Å². The van der Waals surface area contributed by atoms with Crippen molar-refractivity contribution in [1.82, 2.24) is 15.3 Å². The molecule has 1 atom stereocenters. The van der Waals surface area contributed by atoms with Gasteiger partial charge >= 0.3 is 0 Å². The first kappa shape index (κ1) is 16.6. The highest BCUT2D eigenvalue weighted by Gasteiger charge is 2.21. The van der Waals surface area contributed by atoms with Gasteiger partial charge in [0.1, 0.15) is 0 Å². The molecule has 0 spiro atoms. The fraction of sp³-hybridized carbons (Fsp3) is 0.750. The monoisotopic (exact) mass is 308 g/mol. The highest BCUT2D eigenvalue weighted by Crippen LogP contribution is 2.24. The molecule has 0 bridgehead atoms. The van der Waals surface area contributed by atoms with Crippen LogP contribution < -0.4 is 10.2 Å². The van der Waals surface area contributed by atoms with Crippen molar-refractivity contribution in [3.8, 4) is 0 Å². The Kier molecular flexibility index (Phi) is 6.30. The lowest BCUT2D eigenvalue weighted by Gasteiger charge is -2.32. The van der Waals surface area contributed by atoms with E-state index in [1.54, 1.807) is 0 Å². The van der Waals surface area contributed by atoms with Gasteiger partial charge in [0, 0.05) is 48.1 Å². The molecule has 118 valence electrons. The summed E-state index contributed by atoms with van der Waals surface area (Å²) in [4.78, 5) is 11.7. The molecule has 5 heteroatoms. The van der Waals surface area contributed by atoms with Crippen LogP contribution in [0.3, 0.4) is 0 Å². The second kappa shape index (κ2) is 7.99. The smallest absolute Gasteiger partial charge is 0.225 e. The average molecular weight is 308 g/mol. The van der Waals surface area contributed by atoms with Crippen molar-refractivity contribution in [2.24, 2.45) is 5.92 Å². The number of aryl methyl sites for hydroxylation is 1. The van der Waals surface area contributed by atoms with Gasteiger partial charge < -0.3 is 10.2 Å². The molecule has 1 fully saturated rings. The van der Waals surface area contributed by atoms with Gasteiger partial charge in [-0.25, -0.2) is 9.97 Å². The molecule has 2 rings (SSSR count). The molecule has 0 aromatic carbocycles. The van der Waals surface area contributed by atoms with Gasteiger partial charge in [0.25, 0.3) is 0 Å². The maximum Gasteiger partial charge on any atom is 0.225 e. The maximum atomic E-state index is 4.73. The molecule has 1 aliphatic heterocycles. The van der Waals surface area contributed by atoms with Crippen LogP contribution in [0.2, 0.25) is 0 Å². The molecule has 1 N–H and O–H groups in total. The number of nitrogens with one attached hydrogen (secondary N) is 1. The zero-order chi connectivity index (χ0) is 15.2. The van der Waals surface area contributed by atoms with Crippen molar-refractivity contribution in [3.05, 3.63) is 17.5 Å². The Morgan fingerprint density at radius 3 is 2.95 bits per heavy atom. The van der Waals surface area contributed by atoms with Crippen LogP contribution in [0.1, 0.15) is 38.4 Å². The molecule has 0 saturated carbocycles. The highest BCUT2D eigenvalue weighted by molar-refractivity contribution is 8.00. The molecule has 0 amide bonds. The van der Waals surface area contributed by atoms with Crippen LogP contribution in [0.15, 0.2) is 6.20 Å². The summed E-state index contributed by atoms with van der Waals surface area (Å²) >= 11 is 2.08. The minimum absolute atomic E-state index is 0.669. The maximum absolute atomic E-state index is 4.73. The average Bonchev–Trinajstić information content (AvgIpc) is 2.48. The van der Waals surface area contributed by atoms with Crippen molar-refractivity contribution in [1.29, 1.82) is 0 Å². The van der Waals surface area contributed by atoms with Crippen molar-refractivity contribution in [3.63, 3.8) is 0 Å². The summed E-state index contributed by atoms with van der Waals surface area (Å²) < 4.78 is 0. The molecule has 4 nitrogen and oxygen atoms in total. The molecule has 0 radical (unpaired) electrons. The van der Waals surface area contributed by atoms with E-state index in [-0.39, 0.29) is 0 Å². The van der Waals surface area contributed by atoms with Gasteiger partial charge in [-0.15, -0.1) is 0 Å². The summed E-state index contributed by atoms with van der Waals surface area (Å²) in [5.41, 5.74) is 2.31. The third-order valence-electron chi connectivity index (χ3n) is 3.81. The van der Waals surface area contributed by atoms with Crippen LogP contribution in [0.4, 0.5) is 5.95 Å². The predicted molar refractivity (Wildman–Crippen MR) is 92.1 cm³/mol. The van der Waals surface area contributed by atoms with Crippen LogP contribution in [0.25, 0.3) is 0 Å². The lowest BCUT2D eigenvalue weighted by Crippen LogP contribution is -2.38. The third-order valence-corrected chi connectivity index (χ3v) is 5.19. The molecular formula is C16H28N4S. The van der Waals surface area contributed by atoms with E-state index in [9.17, 15) is 0 Å². The van der Waals surface area contributed by atoms with Crippen molar-refractivity contribution in [2.45, 2.75) is 45.9 Å². The number of hydrogen-bond donors (Lipinski definition) is 1. The molecule has 0 aliphatic carbocycles. The Balaban J connectivity index is 1.97. The van der Waals surface area contributed by atoms with E-state index in [0.29, 0.717) is 5.92 Å². The number of nitrogens with zero attached hydrogens (tertiary/aromatic N) is 3. The van der Waals surface area contributed by atoms with Crippen molar-refractivity contribution >= 4 is 17.7 Å². The Morgan fingerprint density at radius 2 is 2.29 bits per heavy atom. The number of hydrogen-bond acceptors (Lipinski definition) is 5. The number of aromatic nitrogens is 2. The number of rotatable bonds is 6. The second-order valence-corrected chi connectivity index (χ2v) is 7.56. The molecule has 1 unspecified atom stereocenters. The van der Waals surface area contributed by atoms with Crippen LogP contribution in [-0.4, -0.2) is 40.6 Å². The van der Waals surface area contributed by atoms with E-state index < -0.39 is 0 Å². The molecule has 21 heavy (non-hydrogen) atoms. The predicted octanol–water partition coefficient (Wildman–Crippen LogP) is 2.86. The normalized spacial score (nSPS) is 19.3. The van der Waals surface area contributed by atoms with Crippen molar-refractivity contribution in [2.75, 3.05) is 30.3 Å². The Hall–Kier alpha value is -0.810. The van der Waals surface area contributed by atoms with Gasteiger partial charge in [-0.2, -0.15) is 11.8 Å². The van der Waals surface area contributed by atoms with E-state index in [1.165, 1.54) is 17.7 Å². The summed E-state index contributed by atoms with van der Waals surface area (Å²) in [5.74, 6) is 2.75. The molecule has 2 heterocycles. The molecule has 1 aliphatic rings. The quantitative estimate of drug-likeness (QED) is 0.875. The van der Waals surface area contributed by atoms with E-state index in [4.69, 9.17) is 4.98 Å². The molecular weight excluding hydrogens is 280 g/mol. The van der Waals surface area contributed by atoms with Gasteiger partial charge in [0.2, 0.25) is 5.95 Å². The standard InChI is InChI=1S/C16H28N4S/c1-5-15-11-20(6-7-21-15)16-18-10-14(13(4)19-16)9-17-8-12(2)3/h10,12,15,17H,5-9,11H2,1-4H3. The fourth-order valence-electron chi connectivity index (χ4n) is 2.45. The van der Waals surface area contributed by atoms with E-state index in [1.807, 2.05) is 6.20 Å². The first-order valence-electron chi connectivity index (χ1n) is 8.00. The molecule has 1 saturated heterocycles. The highest BCUT2D eigenvalue weighted by atomic mass is 32.2. The van der Waals surface area contributed by atoms with Gasteiger partial charge in [0.05, 0.1) is 0 Å². The minimum atomic E-state index is 0.669. The van der Waals surface area contributed by atoms with E-state index in [0.717, 1.165) is 43.1 Å². The Morgan fingerprint density at radius 1 is 1.48 bits per heavy atom. The van der Waals surface area contributed by atoms with Crippen LogP contribution in [0, 0.1) is 12.8 Å². The minimum Gasteiger partial charge on any atom is -0.339 e. The van der Waals surface area contributed by atoms with Crippen LogP contribution >= 0.6 is 11.8 Å². The summed E-state index contributed by atoms with van der Waals surface area (Å²) in [6, 6.07) is 0. The van der Waals surface area contributed by atoms with E-state index in [2.05, 4.69) is 54.7 Å². The first-order valence-corrected chi connectivity index (χ1v) is 9.04. The Labute approximate surface area is 133 Å². The molecule has 1 aromatic rings. The molecule has 1 aromatic heterocycles. The van der Waals surface area contributed by atoms with Crippen LogP contribution in [-0.2, 0) is 6.54 Å². The zero-order valence-corrected chi connectivity index (χ0v) is 14.5. The lowest BCUT2D eigenvalue weighted by molar-refractivity contribution is 0.550. The van der Waals surface area contributed by atoms with Gasteiger partial charge in [-0.3, -0.25) is 0 Å². The first-order chi connectivity index (χ1) is 10.1. The summed E-state index contributed by atoms with van der Waals surface area (Å²) in [7, 11) is 0. The van der Waals surface area contributed by atoms with Gasteiger partial charge in [-0.05, 0) is 25.8 Å². The largest absolute Gasteiger partial charge is 0.339 e. The third kappa shape index (κ3) is 4.85. The zero-order valence-electron chi connectivity index (χ0n) is 13.7. The number of anilines is 1. The summed E-state index contributed by atoms with van der Waals surface area (Å²) in [6.45, 7) is 12.8. The summed E-state index contributed by atoms with van der Waals surface area (Å²) in [5, 5.41) is 4.18. The van der Waals surface area contributed by atoms with Gasteiger partial charge in [0.15, 0.2) is 0 Å². The van der Waals surface area contributed by atoms with Crippen molar-refractivity contribution < 1.29 is 0 Å². The second-order valence-electron chi connectivity index (χ2n) is 6.15. The SMILES string of the molecule is CCC1CN(c2ncc(CNCC(C)C)c(C)n2)CCS1. The summed E-state index contributed by atoms with van der Waals surface area (Å²) in [6.07, 6.45) is 3.21. The lowest BCUT2D eigenvalue weighted by atomic mass is 10.2. The fourth-order valence-corrected chi connectivity index (χ4v) is 3.63. The van der Waals surface area contributed by atoms with Crippen LogP contribution in [0.5, 0.6) is 0 Å². The topological polar surface area (TPSA) is 41.1 Å².